The second-order valence-electron chi connectivity index (χ2n) is 11.8. The number of hydrogen-bond donors (Lipinski definition) is 1. The number of carboxylic acid groups (broad SMARTS) is 1. The van der Waals surface area contributed by atoms with Crippen molar-refractivity contribution in [3.63, 3.8) is 0 Å². The van der Waals surface area contributed by atoms with Crippen LogP contribution in [0.1, 0.15) is 86.6 Å². The largest absolute Gasteiger partial charge is 0.481 e. The average molecular weight is 566 g/mol. The molecule has 1 aliphatic heterocycles. The van der Waals surface area contributed by atoms with Gasteiger partial charge in [-0.15, -0.1) is 0 Å². The summed E-state index contributed by atoms with van der Waals surface area (Å²) in [4.78, 5) is 58.9. The van der Waals surface area contributed by atoms with Crippen molar-refractivity contribution < 1.29 is 48.0 Å². The predicted molar refractivity (Wildman–Crippen MR) is 145 cm³/mol. The molecule has 1 amide bonds. The standard InChI is InChI=1S/C17H24O4.C12H19NO6/c1-13(16(19)21-17(2,3)4)10-11-15(18)20-12-14-8-6-5-7-9-14;1-11(2,3)19-10(17)13-7-18-9(16)12(13,4)6-5-8(14)15/h5-9,13H,10-12H2,1-4H3;5-7H2,1-4H3,(H,14,15). The van der Waals surface area contributed by atoms with Crippen LogP contribution in [0.2, 0.25) is 0 Å². The minimum atomic E-state index is -1.29. The van der Waals surface area contributed by atoms with Crippen molar-refractivity contribution in [1.29, 1.82) is 0 Å². The summed E-state index contributed by atoms with van der Waals surface area (Å²) in [6, 6.07) is 9.50. The molecule has 2 unspecified atom stereocenters. The number of esters is 3. The molecule has 11 nitrogen and oxygen atoms in total. The smallest absolute Gasteiger partial charge is 0.413 e. The van der Waals surface area contributed by atoms with Crippen molar-refractivity contribution in [3.05, 3.63) is 35.9 Å². The Morgan fingerprint density at radius 1 is 1.00 bits per heavy atom. The van der Waals surface area contributed by atoms with Gasteiger partial charge in [0.15, 0.2) is 6.73 Å². The number of aliphatic carboxylic acids is 1. The number of carbonyl (C=O) groups excluding carboxylic acids is 4. The number of cyclic esters (lactones) is 1. The molecule has 224 valence electrons. The van der Waals surface area contributed by atoms with E-state index in [0.29, 0.717) is 6.42 Å². The lowest BCUT2D eigenvalue weighted by molar-refractivity contribution is -0.160. The minimum Gasteiger partial charge on any atom is -0.481 e. The summed E-state index contributed by atoms with van der Waals surface area (Å²) >= 11 is 0. The molecule has 1 aliphatic rings. The topological polar surface area (TPSA) is 146 Å². The first-order valence-electron chi connectivity index (χ1n) is 13.2. The summed E-state index contributed by atoms with van der Waals surface area (Å²) in [6.07, 6.45) is -0.285. The van der Waals surface area contributed by atoms with Crippen LogP contribution in [0.5, 0.6) is 0 Å². The number of benzene rings is 1. The molecule has 1 aromatic rings. The summed E-state index contributed by atoms with van der Waals surface area (Å²) in [5.41, 5.74) is -1.54. The molecular formula is C29H43NO10. The molecule has 0 aliphatic carbocycles. The third-order valence-electron chi connectivity index (χ3n) is 5.63. The van der Waals surface area contributed by atoms with Gasteiger partial charge in [0.1, 0.15) is 23.3 Å². The van der Waals surface area contributed by atoms with E-state index in [4.69, 9.17) is 24.1 Å². The fourth-order valence-corrected chi connectivity index (χ4v) is 3.35. The second kappa shape index (κ2) is 14.7. The predicted octanol–water partition coefficient (Wildman–Crippen LogP) is 4.85. The molecule has 1 heterocycles. The van der Waals surface area contributed by atoms with Gasteiger partial charge in [0, 0.05) is 12.8 Å². The van der Waals surface area contributed by atoms with Crippen LogP contribution in [0, 0.1) is 5.92 Å². The van der Waals surface area contributed by atoms with E-state index in [9.17, 15) is 24.0 Å². The Labute approximate surface area is 236 Å². The third kappa shape index (κ3) is 12.5. The van der Waals surface area contributed by atoms with Crippen LogP contribution in [-0.2, 0) is 44.7 Å². The van der Waals surface area contributed by atoms with Crippen LogP contribution in [0.4, 0.5) is 4.79 Å². The molecule has 1 aromatic carbocycles. The molecule has 1 saturated heterocycles. The highest BCUT2D eigenvalue weighted by Crippen LogP contribution is 2.30. The zero-order valence-corrected chi connectivity index (χ0v) is 24.8. The van der Waals surface area contributed by atoms with Crippen molar-refractivity contribution in [2.75, 3.05) is 6.73 Å². The molecule has 0 bridgehead atoms. The average Bonchev–Trinajstić information content (AvgIpc) is 3.13. The normalized spacial score (nSPS) is 17.6. The first kappa shape index (κ1) is 34.4. The molecule has 2 atom stereocenters. The molecule has 11 heteroatoms. The Kier molecular flexibility index (Phi) is 12.6. The summed E-state index contributed by atoms with van der Waals surface area (Å²) in [7, 11) is 0. The van der Waals surface area contributed by atoms with E-state index in [-0.39, 0.29) is 50.5 Å². The van der Waals surface area contributed by atoms with Gasteiger partial charge in [-0.3, -0.25) is 19.3 Å². The van der Waals surface area contributed by atoms with Crippen LogP contribution in [0.25, 0.3) is 0 Å². The Balaban J connectivity index is 0.000000402. The van der Waals surface area contributed by atoms with Gasteiger partial charge >= 0.3 is 30.0 Å². The van der Waals surface area contributed by atoms with Crippen LogP contribution >= 0.6 is 0 Å². The first-order valence-corrected chi connectivity index (χ1v) is 13.2. The number of carbonyl (C=O) groups is 5. The maximum absolute atomic E-state index is 12.0. The first-order chi connectivity index (χ1) is 18.3. The van der Waals surface area contributed by atoms with Crippen molar-refractivity contribution in [1.82, 2.24) is 4.90 Å². The number of carboxylic acids is 1. The van der Waals surface area contributed by atoms with Gasteiger partial charge in [-0.2, -0.15) is 0 Å². The molecule has 0 aromatic heterocycles. The number of amides is 1. The second-order valence-corrected chi connectivity index (χ2v) is 11.8. The van der Waals surface area contributed by atoms with Gasteiger partial charge in [0.05, 0.1) is 5.92 Å². The molecule has 0 spiro atoms. The maximum atomic E-state index is 12.0. The Hall–Kier alpha value is -3.63. The Bertz CT molecular complexity index is 1030. The molecule has 1 N–H and O–H groups in total. The summed E-state index contributed by atoms with van der Waals surface area (Å²) in [6.45, 7) is 13.9. The maximum Gasteiger partial charge on any atom is 0.413 e. The molecule has 0 radical (unpaired) electrons. The van der Waals surface area contributed by atoms with Crippen LogP contribution in [0.3, 0.4) is 0 Å². The van der Waals surface area contributed by atoms with Gasteiger partial charge < -0.3 is 24.1 Å². The quantitative estimate of drug-likeness (QED) is 0.326. The SMILES string of the molecule is CC(C)(C)OC(=O)N1COC(=O)C1(C)CCC(=O)O.CC(CCC(=O)OCc1ccccc1)C(=O)OC(C)(C)C. The van der Waals surface area contributed by atoms with E-state index in [0.717, 1.165) is 10.5 Å². The summed E-state index contributed by atoms with van der Waals surface area (Å²) in [5, 5.41) is 8.70. The summed E-state index contributed by atoms with van der Waals surface area (Å²) < 4.78 is 20.5. The van der Waals surface area contributed by atoms with Gasteiger partial charge in [-0.25, -0.2) is 9.59 Å². The van der Waals surface area contributed by atoms with Crippen molar-refractivity contribution in [3.8, 4) is 0 Å². The molecule has 0 saturated carbocycles. The zero-order chi connectivity index (χ0) is 30.7. The van der Waals surface area contributed by atoms with Crippen molar-refractivity contribution in [2.45, 2.75) is 104 Å². The lowest BCUT2D eigenvalue weighted by atomic mass is 9.95. The van der Waals surface area contributed by atoms with E-state index in [2.05, 4.69) is 0 Å². The van der Waals surface area contributed by atoms with Crippen LogP contribution in [-0.4, -0.2) is 63.4 Å². The Morgan fingerprint density at radius 3 is 2.10 bits per heavy atom. The van der Waals surface area contributed by atoms with E-state index in [1.165, 1.54) is 6.92 Å². The molecule has 2 rings (SSSR count). The van der Waals surface area contributed by atoms with E-state index < -0.39 is 34.8 Å². The van der Waals surface area contributed by atoms with E-state index in [1.54, 1.807) is 27.7 Å². The van der Waals surface area contributed by atoms with Crippen LogP contribution in [0.15, 0.2) is 30.3 Å². The van der Waals surface area contributed by atoms with Gasteiger partial charge in [0.2, 0.25) is 0 Å². The number of rotatable bonds is 9. The highest BCUT2D eigenvalue weighted by molar-refractivity contribution is 5.88. The Morgan fingerprint density at radius 2 is 1.57 bits per heavy atom. The third-order valence-corrected chi connectivity index (χ3v) is 5.63. The number of hydrogen-bond acceptors (Lipinski definition) is 9. The molecular weight excluding hydrogens is 522 g/mol. The fraction of sp³-hybridized carbons (Fsp3) is 0.621. The van der Waals surface area contributed by atoms with Gasteiger partial charge in [-0.1, -0.05) is 37.3 Å². The molecule has 40 heavy (non-hydrogen) atoms. The zero-order valence-electron chi connectivity index (χ0n) is 24.8. The van der Waals surface area contributed by atoms with E-state index in [1.807, 2.05) is 51.1 Å². The van der Waals surface area contributed by atoms with Crippen molar-refractivity contribution >= 4 is 30.0 Å². The van der Waals surface area contributed by atoms with Gasteiger partial charge in [0.25, 0.3) is 0 Å². The fourth-order valence-electron chi connectivity index (χ4n) is 3.35. The monoisotopic (exact) mass is 565 g/mol. The molecule has 1 fully saturated rings. The highest BCUT2D eigenvalue weighted by Gasteiger charge is 2.50. The lowest BCUT2D eigenvalue weighted by Crippen LogP contribution is -2.50. The lowest BCUT2D eigenvalue weighted by Gasteiger charge is -2.31. The van der Waals surface area contributed by atoms with Crippen molar-refractivity contribution in [2.24, 2.45) is 5.92 Å². The highest BCUT2D eigenvalue weighted by atomic mass is 16.6. The van der Waals surface area contributed by atoms with E-state index >= 15 is 0 Å². The number of ether oxygens (including phenoxy) is 4. The number of nitrogens with zero attached hydrogens (tertiary/aromatic N) is 1. The minimum absolute atomic E-state index is 0.0135. The summed E-state index contributed by atoms with van der Waals surface area (Å²) in [5.74, 6) is -2.54. The van der Waals surface area contributed by atoms with Gasteiger partial charge in [-0.05, 0) is 66.9 Å². The van der Waals surface area contributed by atoms with Crippen LogP contribution < -0.4 is 0 Å².